The van der Waals surface area contributed by atoms with Crippen molar-refractivity contribution in [2.75, 3.05) is 19.4 Å². The summed E-state index contributed by atoms with van der Waals surface area (Å²) < 4.78 is 5.50. The van der Waals surface area contributed by atoms with Gasteiger partial charge < -0.3 is 14.6 Å². The number of carbonyl (C=O) groups is 2. The predicted molar refractivity (Wildman–Crippen MR) is 136 cm³/mol. The Balaban J connectivity index is 1.53. The number of carbonyl (C=O) groups excluding carboxylic acids is 2. The summed E-state index contributed by atoms with van der Waals surface area (Å²) in [4.78, 5) is 44.0. The Hall–Kier alpha value is -4.78. The highest BCUT2D eigenvalue weighted by molar-refractivity contribution is 6.08. The number of para-hydroxylation sites is 1. The van der Waals surface area contributed by atoms with Gasteiger partial charge in [0.25, 0.3) is 11.8 Å². The van der Waals surface area contributed by atoms with Crippen LogP contribution in [-0.4, -0.2) is 35.8 Å². The van der Waals surface area contributed by atoms with Crippen molar-refractivity contribution in [2.45, 2.75) is 0 Å². The molecule has 0 unspecified atom stereocenters. The number of nitrogens with zero attached hydrogens (tertiary/aromatic N) is 2. The average molecular weight is 463 g/mol. The van der Waals surface area contributed by atoms with Gasteiger partial charge in [0.05, 0.1) is 22.2 Å². The lowest BCUT2D eigenvalue weighted by atomic mass is 10.1. The van der Waals surface area contributed by atoms with Crippen LogP contribution >= 0.6 is 0 Å². The van der Waals surface area contributed by atoms with Crippen LogP contribution < -0.4 is 10.9 Å². The van der Waals surface area contributed by atoms with Crippen LogP contribution in [0.5, 0.6) is 0 Å². The molecule has 0 radical (unpaired) electrons. The maximum absolute atomic E-state index is 13.0. The van der Waals surface area contributed by atoms with Gasteiger partial charge in [-0.25, -0.2) is 9.78 Å². The molecule has 7 nitrogen and oxygen atoms in total. The molecule has 2 amide bonds. The minimum atomic E-state index is -0.579. The second kappa shape index (κ2) is 8.87. The van der Waals surface area contributed by atoms with E-state index in [0.29, 0.717) is 27.9 Å². The van der Waals surface area contributed by atoms with Crippen molar-refractivity contribution in [3.8, 4) is 11.5 Å². The lowest BCUT2D eigenvalue weighted by molar-refractivity contribution is 0.0827. The molecule has 0 saturated carbocycles. The SMILES string of the molecule is CN(C)C(=O)c1ccc2c(=O)oc(-c3ccccc3NC(=O)c3ccc4ccccc4c3)nc2c1. The van der Waals surface area contributed by atoms with E-state index >= 15 is 0 Å². The summed E-state index contributed by atoms with van der Waals surface area (Å²) in [7, 11) is 3.30. The van der Waals surface area contributed by atoms with E-state index in [2.05, 4.69) is 10.3 Å². The standard InChI is InChI=1S/C28H21N3O4/c1-31(2)27(33)20-13-14-22-24(16-20)30-26(35-28(22)34)21-9-5-6-10-23(21)29-25(32)19-12-11-17-7-3-4-8-18(17)15-19/h3-16H,1-2H3,(H,29,32). The number of rotatable bonds is 4. The van der Waals surface area contributed by atoms with Gasteiger partial charge >= 0.3 is 5.63 Å². The number of hydrogen-bond acceptors (Lipinski definition) is 5. The average Bonchev–Trinajstić information content (AvgIpc) is 2.87. The highest BCUT2D eigenvalue weighted by atomic mass is 16.4. The summed E-state index contributed by atoms with van der Waals surface area (Å²) in [6.45, 7) is 0. The molecule has 0 fully saturated rings. The second-order valence-electron chi connectivity index (χ2n) is 8.30. The third-order valence-corrected chi connectivity index (χ3v) is 5.70. The van der Waals surface area contributed by atoms with Gasteiger partial charge in [-0.1, -0.05) is 42.5 Å². The Labute approximate surface area is 200 Å². The predicted octanol–water partition coefficient (Wildman–Crippen LogP) is 4.96. The molecule has 1 N–H and O–H groups in total. The largest absolute Gasteiger partial charge is 0.403 e. The lowest BCUT2D eigenvalue weighted by Gasteiger charge is -2.12. The maximum Gasteiger partial charge on any atom is 0.347 e. The Kier molecular flexibility index (Phi) is 5.58. The van der Waals surface area contributed by atoms with Gasteiger partial charge in [-0.2, -0.15) is 0 Å². The Bertz CT molecular complexity index is 1670. The molecule has 0 spiro atoms. The van der Waals surface area contributed by atoms with Crippen molar-refractivity contribution in [1.82, 2.24) is 9.88 Å². The molecule has 0 aliphatic heterocycles. The fourth-order valence-electron chi connectivity index (χ4n) is 3.88. The first kappa shape index (κ1) is 22.0. The summed E-state index contributed by atoms with van der Waals surface area (Å²) in [5, 5.41) is 5.16. The van der Waals surface area contributed by atoms with Crippen molar-refractivity contribution in [3.63, 3.8) is 0 Å². The third kappa shape index (κ3) is 4.27. The number of amides is 2. The fourth-order valence-corrected chi connectivity index (χ4v) is 3.88. The molecular weight excluding hydrogens is 442 g/mol. The first-order valence-corrected chi connectivity index (χ1v) is 11.0. The van der Waals surface area contributed by atoms with Crippen molar-refractivity contribution in [3.05, 3.63) is 106 Å². The molecule has 0 bridgehead atoms. The number of aromatic nitrogens is 1. The second-order valence-corrected chi connectivity index (χ2v) is 8.30. The van der Waals surface area contributed by atoms with E-state index in [-0.39, 0.29) is 23.1 Å². The Morgan fingerprint density at radius 1 is 0.829 bits per heavy atom. The molecular formula is C28H21N3O4. The molecule has 35 heavy (non-hydrogen) atoms. The molecule has 0 aliphatic carbocycles. The van der Waals surface area contributed by atoms with Crippen LogP contribution in [0.1, 0.15) is 20.7 Å². The number of nitrogens with one attached hydrogen (secondary N) is 1. The highest BCUT2D eigenvalue weighted by Gasteiger charge is 2.17. The minimum absolute atomic E-state index is 0.0476. The first-order valence-electron chi connectivity index (χ1n) is 11.0. The van der Waals surface area contributed by atoms with Gasteiger partial charge in [-0.05, 0) is 53.2 Å². The van der Waals surface area contributed by atoms with E-state index in [1.165, 1.54) is 11.0 Å². The molecule has 7 heteroatoms. The normalized spacial score (nSPS) is 10.9. The zero-order valence-electron chi connectivity index (χ0n) is 19.1. The van der Waals surface area contributed by atoms with Gasteiger partial charge in [-0.3, -0.25) is 9.59 Å². The maximum atomic E-state index is 13.0. The van der Waals surface area contributed by atoms with Crippen LogP contribution in [0.3, 0.4) is 0 Å². The quantitative estimate of drug-likeness (QED) is 0.407. The number of benzene rings is 4. The molecule has 4 aromatic carbocycles. The smallest absolute Gasteiger partial charge is 0.347 e. The van der Waals surface area contributed by atoms with E-state index in [9.17, 15) is 14.4 Å². The van der Waals surface area contributed by atoms with Crippen LogP contribution in [0, 0.1) is 0 Å². The minimum Gasteiger partial charge on any atom is -0.403 e. The third-order valence-electron chi connectivity index (χ3n) is 5.70. The highest BCUT2D eigenvalue weighted by Crippen LogP contribution is 2.28. The van der Waals surface area contributed by atoms with Crippen molar-refractivity contribution in [2.24, 2.45) is 0 Å². The van der Waals surface area contributed by atoms with Gasteiger partial charge in [0.2, 0.25) is 5.89 Å². The van der Waals surface area contributed by atoms with Crippen LogP contribution in [-0.2, 0) is 0 Å². The Morgan fingerprint density at radius 3 is 2.34 bits per heavy atom. The van der Waals surface area contributed by atoms with Crippen LogP contribution in [0.2, 0.25) is 0 Å². The molecule has 1 heterocycles. The van der Waals surface area contributed by atoms with E-state index in [1.807, 2.05) is 36.4 Å². The van der Waals surface area contributed by atoms with Crippen molar-refractivity contribution >= 4 is 39.2 Å². The number of anilines is 1. The van der Waals surface area contributed by atoms with Crippen LogP contribution in [0.15, 0.2) is 94.1 Å². The van der Waals surface area contributed by atoms with Gasteiger partial charge in [0.1, 0.15) is 0 Å². The molecule has 0 saturated heterocycles. The molecule has 5 aromatic rings. The molecule has 172 valence electrons. The zero-order valence-corrected chi connectivity index (χ0v) is 19.1. The Morgan fingerprint density at radius 2 is 1.54 bits per heavy atom. The van der Waals surface area contributed by atoms with E-state index in [4.69, 9.17) is 4.42 Å². The van der Waals surface area contributed by atoms with E-state index in [1.54, 1.807) is 56.6 Å². The van der Waals surface area contributed by atoms with Crippen LogP contribution in [0.25, 0.3) is 33.1 Å². The molecule has 0 aliphatic rings. The summed E-state index contributed by atoms with van der Waals surface area (Å²) in [6.07, 6.45) is 0. The van der Waals surface area contributed by atoms with Crippen LogP contribution in [0.4, 0.5) is 5.69 Å². The number of hydrogen-bond donors (Lipinski definition) is 1. The lowest BCUT2D eigenvalue weighted by Crippen LogP contribution is -2.21. The topological polar surface area (TPSA) is 92.5 Å². The van der Waals surface area contributed by atoms with Crippen molar-refractivity contribution < 1.29 is 14.0 Å². The fraction of sp³-hybridized carbons (Fsp3) is 0.0714. The van der Waals surface area contributed by atoms with E-state index < -0.39 is 5.63 Å². The molecule has 0 atom stereocenters. The number of fused-ring (bicyclic) bond motifs is 2. The first-order chi connectivity index (χ1) is 16.9. The van der Waals surface area contributed by atoms with E-state index in [0.717, 1.165) is 10.8 Å². The monoisotopic (exact) mass is 463 g/mol. The summed E-state index contributed by atoms with van der Waals surface area (Å²) >= 11 is 0. The summed E-state index contributed by atoms with van der Waals surface area (Å²) in [5.74, 6) is -0.455. The summed E-state index contributed by atoms with van der Waals surface area (Å²) in [5.41, 5.74) is 1.55. The van der Waals surface area contributed by atoms with Crippen molar-refractivity contribution in [1.29, 1.82) is 0 Å². The van der Waals surface area contributed by atoms with Gasteiger partial charge in [0, 0.05) is 25.2 Å². The van der Waals surface area contributed by atoms with Gasteiger partial charge in [0.15, 0.2) is 0 Å². The molecule has 5 rings (SSSR count). The van der Waals surface area contributed by atoms with Gasteiger partial charge in [-0.15, -0.1) is 0 Å². The summed E-state index contributed by atoms with van der Waals surface area (Å²) in [6, 6.07) is 24.9. The molecule has 1 aromatic heterocycles. The zero-order chi connectivity index (χ0) is 24.5.